The van der Waals surface area contributed by atoms with Gasteiger partial charge in [0, 0.05) is 6.42 Å². The summed E-state index contributed by atoms with van der Waals surface area (Å²) in [6.45, 7) is -0.813. The van der Waals surface area contributed by atoms with Gasteiger partial charge in [-0.25, -0.2) is 0 Å². The van der Waals surface area contributed by atoms with Gasteiger partial charge in [-0.1, -0.05) is 91.0 Å². The van der Waals surface area contributed by atoms with Crippen molar-refractivity contribution in [2.45, 2.75) is 26.2 Å². The van der Waals surface area contributed by atoms with Crippen LogP contribution in [0.1, 0.15) is 26.2 Å². The van der Waals surface area contributed by atoms with Crippen LogP contribution in [0.2, 0.25) is 0 Å². The molecule has 1 fully saturated rings. The minimum atomic E-state index is -2.62. The normalized spacial score (nSPS) is 18.0. The van der Waals surface area contributed by atoms with Crippen LogP contribution < -0.4 is 15.9 Å². The third-order valence-corrected chi connectivity index (χ3v) is 10.2. The van der Waals surface area contributed by atoms with Gasteiger partial charge >= 0.3 is 5.97 Å². The molecule has 1 aliphatic carbocycles. The molecule has 1 atom stereocenters. The maximum atomic E-state index is 14.1. The van der Waals surface area contributed by atoms with Crippen LogP contribution in [0.5, 0.6) is 0 Å². The second-order valence-corrected chi connectivity index (χ2v) is 11.4. The molecule has 33 heavy (non-hydrogen) atoms. The summed E-state index contributed by atoms with van der Waals surface area (Å²) in [5.74, 6) is 0.177. The highest BCUT2D eigenvalue weighted by Gasteiger charge is 2.55. The van der Waals surface area contributed by atoms with Crippen molar-refractivity contribution in [2.75, 3.05) is 6.61 Å². The average molecular weight is 458 g/mol. The average Bonchev–Trinajstić information content (AvgIpc) is 3.26. The van der Waals surface area contributed by atoms with E-state index in [0.717, 1.165) is 15.9 Å². The summed E-state index contributed by atoms with van der Waals surface area (Å²) in [5.41, 5.74) is -1.75. The molecule has 1 aliphatic rings. The van der Waals surface area contributed by atoms with E-state index in [1.54, 1.807) is 12.7 Å². The zero-order valence-electron chi connectivity index (χ0n) is 18.6. The molecule has 5 heteroatoms. The number of carbonyl (C=O) groups excluding carboxylic acids is 3. The highest BCUT2D eigenvalue weighted by molar-refractivity contribution is 7.95. The fourth-order valence-corrected chi connectivity index (χ4v) is 8.49. The van der Waals surface area contributed by atoms with Gasteiger partial charge in [-0.3, -0.25) is 14.4 Å². The topological polar surface area (TPSA) is 60.4 Å². The Labute approximate surface area is 194 Å². The fourth-order valence-electron chi connectivity index (χ4n) is 4.64. The Morgan fingerprint density at radius 1 is 0.848 bits per heavy atom. The number of ketones is 2. The second-order valence-electron chi connectivity index (χ2n) is 8.13. The van der Waals surface area contributed by atoms with Crippen LogP contribution in [-0.4, -0.2) is 29.9 Å². The van der Waals surface area contributed by atoms with Gasteiger partial charge < -0.3 is 4.74 Å². The second kappa shape index (κ2) is 9.72. The first kappa shape index (κ1) is 22.9. The minimum Gasteiger partial charge on any atom is -0.465 e. The largest absolute Gasteiger partial charge is 0.465 e. The van der Waals surface area contributed by atoms with E-state index in [4.69, 9.17) is 4.74 Å². The molecule has 168 valence electrons. The lowest BCUT2D eigenvalue weighted by Gasteiger charge is -2.30. The standard InChI is InChI=1S/C28H27O4P/c1-2-32-27(31)28(20-12-19-25(28)29)26(30)21-33(22-13-6-3-7-14-22,23-15-8-4-9-16-23)24-17-10-5-11-18-24/h3-11,13-18,21H,2,12,19-20H2,1H3/t28-/m0/s1. The van der Waals surface area contributed by atoms with Crippen LogP contribution in [-0.2, 0) is 19.1 Å². The molecule has 4 rings (SSSR count). The summed E-state index contributed by atoms with van der Waals surface area (Å²) in [5, 5.41) is 2.96. The van der Waals surface area contributed by atoms with Gasteiger partial charge in [-0.15, -0.1) is 0 Å². The Balaban J connectivity index is 2.06. The smallest absolute Gasteiger partial charge is 0.327 e. The molecule has 3 aromatic rings. The van der Waals surface area contributed by atoms with Crippen molar-refractivity contribution in [3.63, 3.8) is 0 Å². The molecule has 4 nitrogen and oxygen atoms in total. The first-order valence-corrected chi connectivity index (χ1v) is 13.1. The lowest BCUT2D eigenvalue weighted by atomic mass is 9.81. The number of esters is 1. The summed E-state index contributed by atoms with van der Waals surface area (Å²) < 4.78 is 5.26. The molecule has 3 aromatic carbocycles. The molecule has 0 aliphatic heterocycles. The molecule has 0 N–H and O–H groups in total. The van der Waals surface area contributed by atoms with Gasteiger partial charge in [0.05, 0.1) is 6.61 Å². The molecule has 0 spiro atoms. The molecular weight excluding hydrogens is 431 g/mol. The predicted octanol–water partition coefficient (Wildman–Crippen LogP) is 3.65. The Bertz CT molecular complexity index is 1100. The van der Waals surface area contributed by atoms with E-state index in [-0.39, 0.29) is 25.2 Å². The summed E-state index contributed by atoms with van der Waals surface area (Å²) in [6, 6.07) is 29.7. The van der Waals surface area contributed by atoms with E-state index in [9.17, 15) is 14.4 Å². The molecule has 0 aromatic heterocycles. The Hall–Kier alpha value is -3.23. The fraction of sp³-hybridized carbons (Fsp3) is 0.214. The Kier molecular flexibility index (Phi) is 6.76. The van der Waals surface area contributed by atoms with Gasteiger partial charge in [-0.2, -0.15) is 0 Å². The van der Waals surface area contributed by atoms with Crippen molar-refractivity contribution in [1.29, 1.82) is 0 Å². The van der Waals surface area contributed by atoms with Gasteiger partial charge in [0.25, 0.3) is 0 Å². The maximum absolute atomic E-state index is 14.1. The number of carbonyl (C=O) groups is 3. The van der Waals surface area contributed by atoms with Gasteiger partial charge in [0.1, 0.15) is 0 Å². The van der Waals surface area contributed by atoms with Crippen molar-refractivity contribution >= 4 is 46.1 Å². The first-order chi connectivity index (χ1) is 16.1. The SMILES string of the molecule is CCOC(=O)[C@@]1(C(=O)C=P(c2ccccc2)(c2ccccc2)c2ccccc2)CCCC1=O. The van der Waals surface area contributed by atoms with E-state index in [0.29, 0.717) is 6.42 Å². The van der Waals surface area contributed by atoms with Crippen LogP contribution in [0.3, 0.4) is 0 Å². The lowest BCUT2D eigenvalue weighted by Crippen LogP contribution is -2.46. The van der Waals surface area contributed by atoms with E-state index < -0.39 is 24.1 Å². The van der Waals surface area contributed by atoms with Gasteiger partial charge in [0.15, 0.2) is 17.0 Å². The highest BCUT2D eigenvalue weighted by Crippen LogP contribution is 2.46. The molecule has 0 unspecified atom stereocenters. The lowest BCUT2D eigenvalue weighted by molar-refractivity contribution is -0.160. The zero-order chi connectivity index (χ0) is 23.3. The van der Waals surface area contributed by atoms with Crippen molar-refractivity contribution < 1.29 is 19.1 Å². The van der Waals surface area contributed by atoms with Gasteiger partial charge in [-0.05, 0) is 48.4 Å². The van der Waals surface area contributed by atoms with E-state index in [2.05, 4.69) is 0 Å². The third-order valence-electron chi connectivity index (χ3n) is 6.28. The van der Waals surface area contributed by atoms with Gasteiger partial charge in [0.2, 0.25) is 0 Å². The van der Waals surface area contributed by atoms with E-state index in [1.165, 1.54) is 0 Å². The molecule has 0 heterocycles. The van der Waals surface area contributed by atoms with Crippen LogP contribution in [0.4, 0.5) is 0 Å². The number of hydrogen-bond donors (Lipinski definition) is 0. The summed E-state index contributed by atoms with van der Waals surface area (Å²) in [7, 11) is 0. The van der Waals surface area contributed by atoms with Crippen molar-refractivity contribution in [1.82, 2.24) is 0 Å². The molecule has 0 radical (unpaired) electrons. The number of ether oxygens (including phenoxy) is 1. The molecule has 1 saturated carbocycles. The predicted molar refractivity (Wildman–Crippen MR) is 134 cm³/mol. The number of hydrogen-bond acceptors (Lipinski definition) is 4. The summed E-state index contributed by atoms with van der Waals surface area (Å²) in [6.07, 6.45) is 0.912. The first-order valence-electron chi connectivity index (χ1n) is 11.2. The zero-order valence-corrected chi connectivity index (χ0v) is 19.5. The maximum Gasteiger partial charge on any atom is 0.327 e. The number of rotatable bonds is 7. The van der Waals surface area contributed by atoms with E-state index in [1.807, 2.05) is 91.0 Å². The highest BCUT2D eigenvalue weighted by atomic mass is 31.2. The molecular formula is C28H27O4P. The van der Waals surface area contributed by atoms with Crippen molar-refractivity contribution in [3.05, 3.63) is 91.0 Å². The van der Waals surface area contributed by atoms with Crippen molar-refractivity contribution in [3.8, 4) is 0 Å². The summed E-state index contributed by atoms with van der Waals surface area (Å²) in [4.78, 5) is 40.1. The summed E-state index contributed by atoms with van der Waals surface area (Å²) >= 11 is 0. The molecule has 0 bridgehead atoms. The van der Waals surface area contributed by atoms with Crippen LogP contribution in [0.25, 0.3) is 0 Å². The monoisotopic (exact) mass is 458 g/mol. The quantitative estimate of drug-likeness (QED) is 0.308. The minimum absolute atomic E-state index is 0.123. The molecule has 0 amide bonds. The Morgan fingerprint density at radius 3 is 1.67 bits per heavy atom. The van der Waals surface area contributed by atoms with Crippen LogP contribution >= 0.6 is 6.89 Å². The third kappa shape index (κ3) is 4.00. The van der Waals surface area contributed by atoms with Crippen LogP contribution in [0.15, 0.2) is 91.0 Å². The van der Waals surface area contributed by atoms with E-state index >= 15 is 0 Å². The van der Waals surface area contributed by atoms with Crippen molar-refractivity contribution in [2.24, 2.45) is 5.41 Å². The Morgan fingerprint density at radius 2 is 1.30 bits per heavy atom. The number of benzene rings is 3. The number of Topliss-reactive ketones (excluding diaryl/α,β-unsaturated/α-hetero) is 2. The van der Waals surface area contributed by atoms with Crippen LogP contribution in [0, 0.1) is 5.41 Å². The molecule has 0 saturated heterocycles.